The second-order valence-corrected chi connectivity index (χ2v) is 14.8. The second-order valence-electron chi connectivity index (χ2n) is 10.4. The summed E-state index contributed by atoms with van der Waals surface area (Å²) in [5, 5.41) is 10.6. The lowest BCUT2D eigenvalue weighted by atomic mass is 9.63. The van der Waals surface area contributed by atoms with Gasteiger partial charge in [0.2, 0.25) is 5.91 Å². The number of nitro benzene ring substituents is 1. The second kappa shape index (κ2) is 11.5. The first-order chi connectivity index (χ1) is 17.2. The van der Waals surface area contributed by atoms with E-state index in [2.05, 4.69) is 20.8 Å². The van der Waals surface area contributed by atoms with Crippen molar-refractivity contribution in [3.63, 3.8) is 0 Å². The van der Waals surface area contributed by atoms with Crippen molar-refractivity contribution in [3.05, 3.63) is 49.9 Å². The van der Waals surface area contributed by atoms with Gasteiger partial charge in [0.15, 0.2) is 5.70 Å². The van der Waals surface area contributed by atoms with Crippen LogP contribution in [0.3, 0.4) is 0 Å². The molecule has 0 N–H and O–H groups in total. The molecule has 37 heavy (non-hydrogen) atoms. The molecule has 1 aromatic rings. The predicted octanol–water partition coefficient (Wildman–Crippen LogP) is 4.68. The van der Waals surface area contributed by atoms with Gasteiger partial charge in [-0.25, -0.2) is 4.79 Å². The molecule has 2 aliphatic heterocycles. The van der Waals surface area contributed by atoms with Crippen LogP contribution in [0, 0.1) is 26.9 Å². The summed E-state index contributed by atoms with van der Waals surface area (Å²) in [5.74, 6) is -0.569. The van der Waals surface area contributed by atoms with E-state index in [1.807, 2.05) is 20.8 Å². The number of nitro groups is 1. The Bertz CT molecular complexity index is 1110. The Kier molecular flexibility index (Phi) is 9.26. The van der Waals surface area contributed by atoms with Crippen LogP contribution in [0.5, 0.6) is 0 Å². The number of rotatable bonds is 10. The number of benzene rings is 1. The maximum atomic E-state index is 13.7. The lowest BCUT2D eigenvalue weighted by Gasteiger charge is -2.56. The average Bonchev–Trinajstić information content (AvgIpc) is 2.78. The molecular formula is C24H32N2O7S3Si. The number of carbonyl (C=O) groups excluding carboxylic acids is 3. The normalized spacial score (nSPS) is 20.8. The van der Waals surface area contributed by atoms with Crippen LogP contribution < -0.4 is 0 Å². The first kappa shape index (κ1) is 29.7. The number of non-ortho nitro benzene ring substituents is 1. The van der Waals surface area contributed by atoms with Gasteiger partial charge in [0.25, 0.3) is 10.1 Å². The Labute approximate surface area is 232 Å². The SMILES string of the molecule is CCSC1C(C(C)(C)[C@H](O[SiH3])C(C)(C)C)C(=O)N1C(C(=O)OCc1ccc([N+](=O)[O-])cc1)=C1SC(=O)S1. The van der Waals surface area contributed by atoms with Gasteiger partial charge >= 0.3 is 5.97 Å². The molecule has 9 nitrogen and oxygen atoms in total. The number of likely N-dealkylation sites (tertiary alicyclic amines) is 1. The molecule has 0 spiro atoms. The summed E-state index contributed by atoms with van der Waals surface area (Å²) in [6.45, 7) is 12.2. The van der Waals surface area contributed by atoms with Crippen molar-refractivity contribution in [2.75, 3.05) is 5.75 Å². The fraction of sp³-hybridized carbons (Fsp3) is 0.542. The summed E-state index contributed by atoms with van der Waals surface area (Å²) >= 11 is 3.41. The number of ether oxygens (including phenoxy) is 1. The highest BCUT2D eigenvalue weighted by molar-refractivity contribution is 8.57. The monoisotopic (exact) mass is 584 g/mol. The molecule has 3 rings (SSSR count). The van der Waals surface area contributed by atoms with Crippen molar-refractivity contribution in [1.82, 2.24) is 4.90 Å². The van der Waals surface area contributed by atoms with Crippen LogP contribution in [0.15, 0.2) is 34.2 Å². The third-order valence-corrected chi connectivity index (χ3v) is 10.1. The Morgan fingerprint density at radius 3 is 2.24 bits per heavy atom. The lowest BCUT2D eigenvalue weighted by molar-refractivity contribution is -0.384. The molecule has 2 fully saturated rings. The van der Waals surface area contributed by atoms with Crippen molar-refractivity contribution >= 4 is 67.8 Å². The van der Waals surface area contributed by atoms with Gasteiger partial charge in [-0.15, -0.1) is 11.8 Å². The van der Waals surface area contributed by atoms with Gasteiger partial charge < -0.3 is 9.16 Å². The minimum absolute atomic E-state index is 0.0646. The number of β-lactam (4-membered cyclic amide) rings is 1. The molecule has 2 heterocycles. The molecule has 1 aromatic carbocycles. The largest absolute Gasteiger partial charge is 0.456 e. The van der Waals surface area contributed by atoms with E-state index in [1.54, 1.807) is 11.8 Å². The molecule has 3 atom stereocenters. The first-order valence-corrected chi connectivity index (χ1v) is 15.3. The summed E-state index contributed by atoms with van der Waals surface area (Å²) < 4.78 is 11.8. The fourth-order valence-electron chi connectivity index (χ4n) is 5.13. The first-order valence-electron chi connectivity index (χ1n) is 11.8. The Balaban J connectivity index is 1.88. The summed E-state index contributed by atoms with van der Waals surface area (Å²) in [4.78, 5) is 50.7. The summed E-state index contributed by atoms with van der Waals surface area (Å²) in [5.41, 5.74) is -0.109. The van der Waals surface area contributed by atoms with Crippen molar-refractivity contribution in [2.45, 2.75) is 59.6 Å². The van der Waals surface area contributed by atoms with Gasteiger partial charge in [-0.1, -0.05) is 41.5 Å². The van der Waals surface area contributed by atoms with Crippen LogP contribution in [-0.4, -0.2) is 53.9 Å². The van der Waals surface area contributed by atoms with Crippen LogP contribution in [0.1, 0.15) is 47.1 Å². The van der Waals surface area contributed by atoms with E-state index < -0.39 is 16.3 Å². The number of thioether (sulfide) groups is 3. The topological polar surface area (TPSA) is 116 Å². The Hall–Kier alpha value is -1.80. The number of hydrogen-bond acceptors (Lipinski definition) is 10. The van der Waals surface area contributed by atoms with Crippen LogP contribution >= 0.6 is 35.3 Å². The molecule has 202 valence electrons. The minimum Gasteiger partial charge on any atom is -0.456 e. The zero-order valence-corrected chi connectivity index (χ0v) is 26.4. The quantitative estimate of drug-likeness (QED) is 0.0958. The third-order valence-electron chi connectivity index (χ3n) is 6.38. The maximum Gasteiger partial charge on any atom is 0.357 e. The summed E-state index contributed by atoms with van der Waals surface area (Å²) in [6.07, 6.45) is -0.165. The zero-order valence-electron chi connectivity index (χ0n) is 21.9. The molecule has 0 radical (unpaired) electrons. The molecule has 13 heteroatoms. The molecule has 2 unspecified atom stereocenters. The van der Waals surface area contributed by atoms with Crippen LogP contribution in [0.4, 0.5) is 10.5 Å². The van der Waals surface area contributed by atoms with E-state index >= 15 is 0 Å². The molecule has 2 aliphatic rings. The van der Waals surface area contributed by atoms with E-state index in [0.29, 0.717) is 20.3 Å². The van der Waals surface area contributed by atoms with Gasteiger partial charge in [-0.2, -0.15) is 0 Å². The van der Waals surface area contributed by atoms with Gasteiger partial charge in [0.05, 0.1) is 26.6 Å². The summed E-state index contributed by atoms with van der Waals surface area (Å²) in [7, 11) is 0.528. The van der Waals surface area contributed by atoms with E-state index in [9.17, 15) is 24.5 Å². The molecule has 2 saturated heterocycles. The van der Waals surface area contributed by atoms with Gasteiger partial charge in [-0.05, 0) is 52.4 Å². The van der Waals surface area contributed by atoms with E-state index in [1.165, 1.54) is 29.2 Å². The molecular weight excluding hydrogens is 553 g/mol. The highest BCUT2D eigenvalue weighted by Gasteiger charge is 2.61. The number of esters is 1. The minimum atomic E-state index is -0.710. The van der Waals surface area contributed by atoms with Crippen LogP contribution in [-0.2, 0) is 25.4 Å². The predicted molar refractivity (Wildman–Crippen MR) is 151 cm³/mol. The smallest absolute Gasteiger partial charge is 0.357 e. The van der Waals surface area contributed by atoms with E-state index in [4.69, 9.17) is 9.16 Å². The standard InChI is InChI=1S/C24H32N2O7S3Si/c1-7-34-18-15(24(5,6)21(33-37)23(2,3)4)17(27)25(18)16(20-35-22(29)36-20)19(28)32-12-13-8-10-14(11-9-13)26(30)31/h8-11,15,18,21H,7,12H2,1-6,37H3/t15?,18?,21-/m1/s1. The number of amides is 1. The van der Waals surface area contributed by atoms with Crippen molar-refractivity contribution < 1.29 is 28.5 Å². The van der Waals surface area contributed by atoms with Crippen molar-refractivity contribution in [1.29, 1.82) is 0 Å². The van der Waals surface area contributed by atoms with Crippen molar-refractivity contribution in [3.8, 4) is 0 Å². The highest BCUT2D eigenvalue weighted by atomic mass is 32.3. The average molecular weight is 585 g/mol. The van der Waals surface area contributed by atoms with Crippen LogP contribution in [0.2, 0.25) is 0 Å². The van der Waals surface area contributed by atoms with Crippen molar-refractivity contribution in [2.24, 2.45) is 16.7 Å². The maximum absolute atomic E-state index is 13.7. The molecule has 0 bridgehead atoms. The third kappa shape index (κ3) is 6.11. The number of nitrogens with zero attached hydrogens (tertiary/aromatic N) is 2. The van der Waals surface area contributed by atoms with Gasteiger partial charge in [-0.3, -0.25) is 24.6 Å². The fourth-order valence-corrected chi connectivity index (χ4v) is 9.39. The van der Waals surface area contributed by atoms with Gasteiger partial charge in [0.1, 0.15) is 17.1 Å². The molecule has 0 aliphatic carbocycles. The van der Waals surface area contributed by atoms with Gasteiger partial charge in [0, 0.05) is 17.5 Å². The lowest BCUT2D eigenvalue weighted by Crippen LogP contribution is -2.67. The molecule has 0 aromatic heterocycles. The molecule has 0 saturated carbocycles. The van der Waals surface area contributed by atoms with Crippen LogP contribution in [0.25, 0.3) is 0 Å². The Morgan fingerprint density at radius 2 is 1.78 bits per heavy atom. The highest BCUT2D eigenvalue weighted by Crippen LogP contribution is 2.55. The summed E-state index contributed by atoms with van der Waals surface area (Å²) in [6, 6.07) is 5.70. The Morgan fingerprint density at radius 1 is 1.19 bits per heavy atom. The molecule has 1 amide bonds. The van der Waals surface area contributed by atoms with E-state index in [0.717, 1.165) is 29.3 Å². The zero-order chi connectivity index (χ0) is 27.7. The number of carbonyl (C=O) groups is 3. The van der Waals surface area contributed by atoms with E-state index in [-0.39, 0.29) is 51.2 Å². The number of hydrogen-bond donors (Lipinski definition) is 0.